The molecule has 0 atom stereocenters. The average Bonchev–Trinajstić information content (AvgIpc) is 2.74. The molecule has 3 aromatic carbocycles. The van der Waals surface area contributed by atoms with E-state index in [2.05, 4.69) is 5.32 Å². The molecular weight excluding hydrogens is 409 g/mol. The van der Waals surface area contributed by atoms with Crippen molar-refractivity contribution in [2.75, 3.05) is 16.7 Å². The normalized spacial score (nSPS) is 11.0. The van der Waals surface area contributed by atoms with Gasteiger partial charge in [-0.05, 0) is 66.7 Å². The van der Waals surface area contributed by atoms with Gasteiger partial charge in [0.15, 0.2) is 0 Å². The minimum atomic E-state index is -3.97. The molecule has 0 spiro atoms. The number of nitrogens with zero attached hydrogens (tertiary/aromatic N) is 1. The number of carbonyl (C=O) groups is 2. The van der Waals surface area contributed by atoms with Gasteiger partial charge in [-0.15, -0.1) is 0 Å². The van der Waals surface area contributed by atoms with Crippen molar-refractivity contribution in [3.8, 4) is 0 Å². The molecule has 154 valence electrons. The highest BCUT2D eigenvalue weighted by Gasteiger charge is 2.22. The van der Waals surface area contributed by atoms with Crippen molar-refractivity contribution in [1.29, 1.82) is 0 Å². The molecule has 0 aliphatic rings. The van der Waals surface area contributed by atoms with E-state index in [1.807, 2.05) is 0 Å². The average molecular weight is 427 g/mol. The van der Waals surface area contributed by atoms with E-state index in [4.69, 9.17) is 5.73 Å². The van der Waals surface area contributed by atoms with Gasteiger partial charge in [-0.1, -0.05) is 6.07 Å². The first-order chi connectivity index (χ1) is 14.2. The molecule has 0 bridgehead atoms. The lowest BCUT2D eigenvalue weighted by Crippen LogP contribution is -2.26. The molecule has 0 saturated heterocycles. The van der Waals surface area contributed by atoms with Crippen LogP contribution in [0.25, 0.3) is 0 Å². The molecule has 0 aliphatic carbocycles. The van der Waals surface area contributed by atoms with Crippen LogP contribution >= 0.6 is 0 Å². The van der Waals surface area contributed by atoms with E-state index >= 15 is 0 Å². The number of anilines is 2. The van der Waals surface area contributed by atoms with Crippen LogP contribution in [0.3, 0.4) is 0 Å². The van der Waals surface area contributed by atoms with Gasteiger partial charge in [-0.25, -0.2) is 12.8 Å². The molecule has 0 heterocycles. The fourth-order valence-electron chi connectivity index (χ4n) is 2.67. The Kier molecular flexibility index (Phi) is 5.84. The van der Waals surface area contributed by atoms with Crippen LogP contribution in [0.1, 0.15) is 20.7 Å². The zero-order valence-electron chi connectivity index (χ0n) is 15.9. The number of sulfonamides is 1. The minimum absolute atomic E-state index is 0.0916. The first kappa shape index (κ1) is 21.0. The summed E-state index contributed by atoms with van der Waals surface area (Å²) < 4.78 is 39.9. The number of primary amides is 1. The van der Waals surface area contributed by atoms with E-state index in [-0.39, 0.29) is 16.1 Å². The van der Waals surface area contributed by atoms with Gasteiger partial charge in [0, 0.05) is 23.9 Å². The Morgan fingerprint density at radius 3 is 2.17 bits per heavy atom. The van der Waals surface area contributed by atoms with Crippen molar-refractivity contribution in [3.63, 3.8) is 0 Å². The standard InChI is InChI=1S/C21H18FN3O4S/c1-25(18-11-7-16(22)8-12-18)30(28,29)19-4-2-3-15(13-19)21(27)24-17-9-5-14(6-10-17)20(23)26/h2-13H,1H3,(H2,23,26)(H,24,27). The van der Waals surface area contributed by atoms with E-state index in [9.17, 15) is 22.4 Å². The molecule has 3 aromatic rings. The predicted octanol–water partition coefficient (Wildman–Crippen LogP) is 3.00. The van der Waals surface area contributed by atoms with Gasteiger partial charge >= 0.3 is 0 Å². The number of amides is 2. The van der Waals surface area contributed by atoms with Crippen LogP contribution in [-0.4, -0.2) is 27.3 Å². The summed E-state index contributed by atoms with van der Waals surface area (Å²) in [5.74, 6) is -1.59. The lowest BCUT2D eigenvalue weighted by molar-refractivity contribution is 0.0998. The second-order valence-corrected chi connectivity index (χ2v) is 8.34. The predicted molar refractivity (Wildman–Crippen MR) is 111 cm³/mol. The molecule has 3 N–H and O–H groups in total. The Morgan fingerprint density at radius 2 is 1.57 bits per heavy atom. The monoisotopic (exact) mass is 427 g/mol. The third-order valence-electron chi connectivity index (χ3n) is 4.37. The number of nitrogens with two attached hydrogens (primary N) is 1. The fraction of sp³-hybridized carbons (Fsp3) is 0.0476. The first-order valence-electron chi connectivity index (χ1n) is 8.74. The molecule has 0 aromatic heterocycles. The highest BCUT2D eigenvalue weighted by Crippen LogP contribution is 2.23. The lowest BCUT2D eigenvalue weighted by atomic mass is 10.2. The molecule has 30 heavy (non-hydrogen) atoms. The van der Waals surface area contributed by atoms with Crippen molar-refractivity contribution in [1.82, 2.24) is 0 Å². The number of hydrogen-bond acceptors (Lipinski definition) is 4. The van der Waals surface area contributed by atoms with Crippen LogP contribution in [0.4, 0.5) is 15.8 Å². The number of benzene rings is 3. The molecule has 3 rings (SSSR count). The number of nitrogens with one attached hydrogen (secondary N) is 1. The van der Waals surface area contributed by atoms with Crippen molar-refractivity contribution in [2.24, 2.45) is 5.73 Å². The largest absolute Gasteiger partial charge is 0.366 e. The molecule has 0 radical (unpaired) electrons. The highest BCUT2D eigenvalue weighted by molar-refractivity contribution is 7.92. The third-order valence-corrected chi connectivity index (χ3v) is 6.15. The molecule has 2 amide bonds. The summed E-state index contributed by atoms with van der Waals surface area (Å²) in [5.41, 5.74) is 6.30. The maximum absolute atomic E-state index is 13.1. The van der Waals surface area contributed by atoms with Gasteiger partial charge in [-0.2, -0.15) is 0 Å². The van der Waals surface area contributed by atoms with Crippen molar-refractivity contribution < 1.29 is 22.4 Å². The Bertz CT molecular complexity index is 1190. The summed E-state index contributed by atoms with van der Waals surface area (Å²) in [4.78, 5) is 23.6. The lowest BCUT2D eigenvalue weighted by Gasteiger charge is -2.19. The Balaban J connectivity index is 1.83. The quantitative estimate of drug-likeness (QED) is 0.630. The van der Waals surface area contributed by atoms with Gasteiger partial charge in [0.2, 0.25) is 5.91 Å². The second-order valence-electron chi connectivity index (χ2n) is 6.37. The Morgan fingerprint density at radius 1 is 0.933 bits per heavy atom. The second kappa shape index (κ2) is 8.34. The van der Waals surface area contributed by atoms with Crippen molar-refractivity contribution in [3.05, 3.63) is 89.7 Å². The Labute approximate surface area is 173 Å². The Hall–Kier alpha value is -3.72. The van der Waals surface area contributed by atoms with E-state index in [0.29, 0.717) is 11.3 Å². The maximum Gasteiger partial charge on any atom is 0.264 e. The van der Waals surface area contributed by atoms with Crippen LogP contribution < -0.4 is 15.4 Å². The highest BCUT2D eigenvalue weighted by atomic mass is 32.2. The van der Waals surface area contributed by atoms with Crippen molar-refractivity contribution >= 4 is 33.2 Å². The summed E-state index contributed by atoms with van der Waals surface area (Å²) in [6.45, 7) is 0. The zero-order chi connectivity index (χ0) is 21.9. The van der Waals surface area contributed by atoms with Crippen LogP contribution in [0.5, 0.6) is 0 Å². The first-order valence-corrected chi connectivity index (χ1v) is 10.2. The molecule has 7 nitrogen and oxygen atoms in total. The van der Waals surface area contributed by atoms with E-state index in [1.165, 1.54) is 67.7 Å². The summed E-state index contributed by atoms with van der Waals surface area (Å²) in [7, 11) is -2.63. The molecular formula is C21H18FN3O4S. The van der Waals surface area contributed by atoms with Gasteiger partial charge < -0.3 is 11.1 Å². The molecule has 0 fully saturated rings. The molecule has 0 saturated carbocycles. The summed E-state index contributed by atoms with van der Waals surface area (Å²) >= 11 is 0. The van der Waals surface area contributed by atoms with Crippen LogP contribution in [0.15, 0.2) is 77.7 Å². The van der Waals surface area contributed by atoms with Crippen LogP contribution in [0.2, 0.25) is 0 Å². The minimum Gasteiger partial charge on any atom is -0.366 e. The molecule has 0 unspecified atom stereocenters. The summed E-state index contributed by atoms with van der Waals surface area (Å²) in [5, 5.41) is 2.63. The third kappa shape index (κ3) is 4.47. The number of hydrogen-bond donors (Lipinski definition) is 2. The summed E-state index contributed by atoms with van der Waals surface area (Å²) in [6.07, 6.45) is 0. The topological polar surface area (TPSA) is 110 Å². The molecule has 0 aliphatic heterocycles. The molecule has 9 heteroatoms. The van der Waals surface area contributed by atoms with Gasteiger partial charge in [-0.3, -0.25) is 13.9 Å². The van der Waals surface area contributed by atoms with Crippen molar-refractivity contribution in [2.45, 2.75) is 4.90 Å². The van der Waals surface area contributed by atoms with Gasteiger partial charge in [0.1, 0.15) is 5.82 Å². The maximum atomic E-state index is 13.1. The van der Waals surface area contributed by atoms with E-state index < -0.39 is 27.7 Å². The number of rotatable bonds is 6. The SMILES string of the molecule is CN(c1ccc(F)cc1)S(=O)(=O)c1cccc(C(=O)Nc2ccc(C(N)=O)cc2)c1. The van der Waals surface area contributed by atoms with Gasteiger partial charge in [0.25, 0.3) is 15.9 Å². The number of carbonyl (C=O) groups excluding carboxylic acids is 2. The van der Waals surface area contributed by atoms with E-state index in [1.54, 1.807) is 0 Å². The van der Waals surface area contributed by atoms with Gasteiger partial charge in [0.05, 0.1) is 10.6 Å². The number of halogens is 1. The fourth-order valence-corrected chi connectivity index (χ4v) is 3.91. The smallest absolute Gasteiger partial charge is 0.264 e. The van der Waals surface area contributed by atoms with Crippen LogP contribution in [-0.2, 0) is 10.0 Å². The summed E-state index contributed by atoms with van der Waals surface area (Å²) in [6, 6.07) is 16.5. The van der Waals surface area contributed by atoms with E-state index in [0.717, 1.165) is 16.4 Å². The zero-order valence-corrected chi connectivity index (χ0v) is 16.7. The van der Waals surface area contributed by atoms with Crippen LogP contribution in [0, 0.1) is 5.82 Å².